The summed E-state index contributed by atoms with van der Waals surface area (Å²) < 4.78 is 13.3. The minimum atomic E-state index is -0.881. The van der Waals surface area contributed by atoms with Gasteiger partial charge in [0.05, 0.1) is 10.0 Å². The van der Waals surface area contributed by atoms with Gasteiger partial charge in [0.15, 0.2) is 16.1 Å². The number of aromatic nitrogens is 1. The zero-order chi connectivity index (χ0) is 13.9. The third kappa shape index (κ3) is 3.47. The fraction of sp³-hybridized carbons (Fsp3) is 0.125. The molecule has 3 N–H and O–H groups in total. The van der Waals surface area contributed by atoms with Gasteiger partial charge in [0.25, 0.3) is 5.91 Å². The maximum absolute atomic E-state index is 13.5. The van der Waals surface area contributed by atoms with E-state index in [0.717, 1.165) is 11.8 Å². The fourth-order valence-electron chi connectivity index (χ4n) is 0.883. The van der Waals surface area contributed by atoms with E-state index < -0.39 is 16.9 Å². The van der Waals surface area contributed by atoms with Crippen LogP contribution in [0.15, 0.2) is 9.57 Å². The van der Waals surface area contributed by atoms with Crippen LogP contribution in [0, 0.1) is 5.82 Å². The lowest BCUT2D eigenvalue weighted by atomic mass is 10.2. The molecule has 0 unspecified atom stereocenters. The van der Waals surface area contributed by atoms with Gasteiger partial charge in [0.1, 0.15) is 5.15 Å². The molecule has 1 rings (SSSR count). The van der Waals surface area contributed by atoms with Crippen LogP contribution in [-0.2, 0) is 0 Å². The second kappa shape index (κ2) is 6.55. The molecule has 0 spiro atoms. The van der Waals surface area contributed by atoms with E-state index >= 15 is 0 Å². The summed E-state index contributed by atoms with van der Waals surface area (Å²) in [4.78, 5) is 15.2. The molecule has 0 atom stereocenters. The van der Waals surface area contributed by atoms with Gasteiger partial charge in [-0.25, -0.2) is 14.8 Å². The number of rotatable bonds is 2. The summed E-state index contributed by atoms with van der Waals surface area (Å²) in [7, 11) is 0. The van der Waals surface area contributed by atoms with E-state index in [1.807, 2.05) is 0 Å². The highest BCUT2D eigenvalue weighted by molar-refractivity contribution is 9.10. The summed E-state index contributed by atoms with van der Waals surface area (Å²) in [5.41, 5.74) is 7.28. The lowest BCUT2D eigenvalue weighted by molar-refractivity contribution is 0.0953. The number of nitrogens with zero attached hydrogens (tertiary/aromatic N) is 2. The van der Waals surface area contributed by atoms with E-state index in [0.29, 0.717) is 0 Å². The van der Waals surface area contributed by atoms with E-state index in [-0.39, 0.29) is 20.4 Å². The first kappa shape index (κ1) is 15.5. The quantitative estimate of drug-likeness (QED) is 0.360. The van der Waals surface area contributed by atoms with Crippen molar-refractivity contribution in [3.63, 3.8) is 0 Å². The number of amides is 1. The molecule has 0 bridgehead atoms. The Bertz CT molecular complexity index is 528. The highest BCUT2D eigenvalue weighted by Gasteiger charge is 2.21. The number of halogens is 4. The predicted molar refractivity (Wildman–Crippen MR) is 74.5 cm³/mol. The van der Waals surface area contributed by atoms with E-state index in [1.54, 1.807) is 6.26 Å². The molecule has 0 saturated heterocycles. The lowest BCUT2D eigenvalue weighted by Crippen LogP contribution is -2.23. The molecule has 0 aromatic carbocycles. The number of carbonyl (C=O) groups excluding carboxylic acids is 1. The van der Waals surface area contributed by atoms with Crippen LogP contribution in [0.25, 0.3) is 0 Å². The average molecular weight is 376 g/mol. The Labute approximate surface area is 124 Å². The Kier molecular flexibility index (Phi) is 5.64. The summed E-state index contributed by atoms with van der Waals surface area (Å²) in [6, 6.07) is 0. The van der Waals surface area contributed by atoms with Crippen LogP contribution in [0.1, 0.15) is 10.4 Å². The topological polar surface area (TPSA) is 80.4 Å². The van der Waals surface area contributed by atoms with Crippen LogP contribution in [0.5, 0.6) is 0 Å². The third-order valence-corrected chi connectivity index (χ3v) is 3.48. The number of nitrogens with two attached hydrogens (primary N) is 1. The lowest BCUT2D eigenvalue weighted by Gasteiger charge is -2.07. The molecule has 10 heteroatoms. The van der Waals surface area contributed by atoms with Crippen molar-refractivity contribution in [1.29, 1.82) is 0 Å². The third-order valence-electron chi connectivity index (χ3n) is 1.70. The van der Waals surface area contributed by atoms with Crippen LogP contribution in [0.4, 0.5) is 4.39 Å². The van der Waals surface area contributed by atoms with Crippen LogP contribution in [0.2, 0.25) is 10.3 Å². The molecular weight excluding hydrogens is 370 g/mol. The standard InChI is InChI=1S/C8H6BrCl2FN4OS/c1-18-8(13)16-15-7(17)2-3(9)4(12)6(11)14-5(2)10/h1H3,(H2,13,16)(H,15,17). The second-order valence-electron chi connectivity index (χ2n) is 2.79. The molecule has 5 nitrogen and oxygen atoms in total. The number of hydrogen-bond acceptors (Lipinski definition) is 4. The van der Waals surface area contributed by atoms with Crippen molar-refractivity contribution in [2.75, 3.05) is 6.26 Å². The zero-order valence-electron chi connectivity index (χ0n) is 8.80. The number of carbonyl (C=O) groups is 1. The Morgan fingerprint density at radius 3 is 2.72 bits per heavy atom. The van der Waals surface area contributed by atoms with E-state index in [2.05, 4.69) is 31.4 Å². The predicted octanol–water partition coefficient (Wildman–Crippen LogP) is 2.61. The second-order valence-corrected chi connectivity index (χ2v) is 5.13. The Balaban J connectivity index is 3.11. The molecule has 0 aliphatic rings. The van der Waals surface area contributed by atoms with Gasteiger partial charge in [0, 0.05) is 0 Å². The van der Waals surface area contributed by atoms with E-state index in [1.165, 1.54) is 0 Å². The number of thioether (sulfide) groups is 1. The molecule has 18 heavy (non-hydrogen) atoms. The van der Waals surface area contributed by atoms with E-state index in [9.17, 15) is 9.18 Å². The van der Waals surface area contributed by atoms with Crippen molar-refractivity contribution < 1.29 is 9.18 Å². The molecule has 0 aliphatic carbocycles. The van der Waals surface area contributed by atoms with Crippen molar-refractivity contribution in [3.8, 4) is 0 Å². The summed E-state index contributed by atoms with van der Waals surface area (Å²) in [6.45, 7) is 0. The number of nitrogens with one attached hydrogen (secondary N) is 1. The van der Waals surface area contributed by atoms with Gasteiger partial charge in [-0.2, -0.15) is 0 Å². The largest absolute Gasteiger partial charge is 0.377 e. The molecule has 0 saturated carbocycles. The van der Waals surface area contributed by atoms with Crippen molar-refractivity contribution in [2.24, 2.45) is 10.8 Å². The SMILES string of the molecule is CS/C(N)=N\NC(=O)c1c(Cl)nc(Cl)c(F)c1Br. The minimum Gasteiger partial charge on any atom is -0.377 e. The van der Waals surface area contributed by atoms with Crippen molar-refractivity contribution >= 4 is 62.0 Å². The first-order chi connectivity index (χ1) is 8.38. The summed E-state index contributed by atoms with van der Waals surface area (Å²) in [6.07, 6.45) is 1.68. The normalized spacial score (nSPS) is 11.5. The van der Waals surface area contributed by atoms with Gasteiger partial charge in [0.2, 0.25) is 0 Å². The Hall–Kier alpha value is -0.570. The monoisotopic (exact) mass is 374 g/mol. The summed E-state index contributed by atoms with van der Waals surface area (Å²) in [5.74, 6) is -1.64. The molecular formula is C8H6BrCl2FN4OS. The van der Waals surface area contributed by atoms with Crippen LogP contribution >= 0.6 is 50.9 Å². The van der Waals surface area contributed by atoms with Crippen molar-refractivity contribution in [3.05, 3.63) is 26.2 Å². The minimum absolute atomic E-state index is 0.137. The van der Waals surface area contributed by atoms with Gasteiger partial charge in [-0.15, -0.1) is 5.10 Å². The Morgan fingerprint density at radius 2 is 2.17 bits per heavy atom. The molecule has 1 amide bonds. The van der Waals surface area contributed by atoms with Gasteiger partial charge < -0.3 is 5.73 Å². The first-order valence-corrected chi connectivity index (χ1v) is 7.03. The summed E-state index contributed by atoms with van der Waals surface area (Å²) >= 11 is 15.2. The van der Waals surface area contributed by atoms with Crippen molar-refractivity contribution in [1.82, 2.24) is 10.4 Å². The van der Waals surface area contributed by atoms with Gasteiger partial charge >= 0.3 is 0 Å². The maximum atomic E-state index is 13.5. The highest BCUT2D eigenvalue weighted by Crippen LogP contribution is 2.30. The molecule has 1 heterocycles. The molecule has 1 aromatic heterocycles. The molecule has 0 aliphatic heterocycles. The zero-order valence-corrected chi connectivity index (χ0v) is 12.7. The Morgan fingerprint density at radius 1 is 1.56 bits per heavy atom. The summed E-state index contributed by atoms with van der Waals surface area (Å²) in [5, 5.41) is 3.00. The molecule has 0 radical (unpaired) electrons. The average Bonchev–Trinajstić information content (AvgIpc) is 2.33. The van der Waals surface area contributed by atoms with Gasteiger partial charge in [-0.05, 0) is 22.2 Å². The molecule has 1 aromatic rings. The number of hydrogen-bond donors (Lipinski definition) is 2. The smallest absolute Gasteiger partial charge is 0.275 e. The van der Waals surface area contributed by atoms with Crippen LogP contribution in [-0.4, -0.2) is 22.3 Å². The number of amidine groups is 1. The van der Waals surface area contributed by atoms with Crippen LogP contribution < -0.4 is 11.2 Å². The van der Waals surface area contributed by atoms with Crippen molar-refractivity contribution in [2.45, 2.75) is 0 Å². The first-order valence-electron chi connectivity index (χ1n) is 4.26. The fourth-order valence-corrected chi connectivity index (χ4v) is 2.29. The van der Waals surface area contributed by atoms with Gasteiger partial charge in [-0.1, -0.05) is 35.0 Å². The highest BCUT2D eigenvalue weighted by atomic mass is 79.9. The molecule has 98 valence electrons. The van der Waals surface area contributed by atoms with Crippen LogP contribution in [0.3, 0.4) is 0 Å². The molecule has 0 fully saturated rings. The van der Waals surface area contributed by atoms with Gasteiger partial charge in [-0.3, -0.25) is 4.79 Å². The van der Waals surface area contributed by atoms with E-state index in [4.69, 9.17) is 28.9 Å². The number of hydrazone groups is 1. The maximum Gasteiger partial charge on any atom is 0.275 e. The number of pyridine rings is 1.